The molecule has 5 rings (SSSR count). The Morgan fingerprint density at radius 3 is 2.55 bits per heavy atom. The molecule has 1 saturated carbocycles. The van der Waals surface area contributed by atoms with Crippen molar-refractivity contribution in [1.29, 1.82) is 0 Å². The van der Waals surface area contributed by atoms with Crippen molar-refractivity contribution in [3.05, 3.63) is 41.1 Å². The third kappa shape index (κ3) is 4.25. The summed E-state index contributed by atoms with van der Waals surface area (Å²) in [7, 11) is 0. The number of benzene rings is 1. The van der Waals surface area contributed by atoms with E-state index in [2.05, 4.69) is 11.8 Å². The summed E-state index contributed by atoms with van der Waals surface area (Å²) in [5.74, 6) is 0.892. The van der Waals surface area contributed by atoms with Gasteiger partial charge < -0.3 is 14.7 Å². The van der Waals surface area contributed by atoms with Crippen LogP contribution in [0.2, 0.25) is 0 Å². The summed E-state index contributed by atoms with van der Waals surface area (Å²) < 4.78 is 5.58. The standard InChI is InChI=1S/C27H35N3O3/c1-2-19-18-24(22-6-5-7-23(22)29-25(19)30-14-16-33-17-15-30)28-21-10-8-20(9-11-21)27(26(31)32)12-3-4-13-27/h8-11,19H,2-7,12-18H2,1H3,(H,31,32). The zero-order valence-corrected chi connectivity index (χ0v) is 19.7. The van der Waals surface area contributed by atoms with Gasteiger partial charge in [0, 0.05) is 30.4 Å². The highest BCUT2D eigenvalue weighted by Gasteiger charge is 2.42. The first-order valence-electron chi connectivity index (χ1n) is 12.7. The van der Waals surface area contributed by atoms with Crippen LogP contribution < -0.4 is 0 Å². The van der Waals surface area contributed by atoms with E-state index >= 15 is 0 Å². The Bertz CT molecular complexity index is 980. The van der Waals surface area contributed by atoms with Crippen LogP contribution in [0, 0.1) is 5.92 Å². The van der Waals surface area contributed by atoms with Gasteiger partial charge in [0.25, 0.3) is 0 Å². The zero-order chi connectivity index (χ0) is 22.8. The highest BCUT2D eigenvalue weighted by Crippen LogP contribution is 2.42. The van der Waals surface area contributed by atoms with E-state index in [4.69, 9.17) is 14.7 Å². The predicted octanol–water partition coefficient (Wildman–Crippen LogP) is 5.25. The van der Waals surface area contributed by atoms with Crippen LogP contribution in [-0.2, 0) is 14.9 Å². The Labute approximate surface area is 196 Å². The minimum absolute atomic E-state index is 0.362. The number of aliphatic imine (C=N–C) groups is 2. The molecule has 2 aliphatic heterocycles. The Morgan fingerprint density at radius 2 is 1.88 bits per heavy atom. The number of rotatable bonds is 4. The number of ether oxygens (including phenoxy) is 1. The molecule has 1 aromatic rings. The summed E-state index contributed by atoms with van der Waals surface area (Å²) in [5.41, 5.74) is 4.84. The maximum absolute atomic E-state index is 12.1. The van der Waals surface area contributed by atoms with Gasteiger partial charge in [-0.25, -0.2) is 4.99 Å². The van der Waals surface area contributed by atoms with E-state index in [1.54, 1.807) is 0 Å². The number of morpholine rings is 1. The maximum Gasteiger partial charge on any atom is 0.314 e. The smallest absolute Gasteiger partial charge is 0.314 e. The van der Waals surface area contributed by atoms with Crippen LogP contribution in [0.3, 0.4) is 0 Å². The number of aliphatic carboxylic acids is 1. The first-order valence-corrected chi connectivity index (χ1v) is 12.7. The minimum atomic E-state index is -0.719. The number of nitrogens with zero attached hydrogens (tertiary/aromatic N) is 3. The second-order valence-corrected chi connectivity index (χ2v) is 9.86. The third-order valence-electron chi connectivity index (χ3n) is 7.97. The molecule has 2 fully saturated rings. The quantitative estimate of drug-likeness (QED) is 0.681. The molecular formula is C27H35N3O3. The number of hydrogen-bond donors (Lipinski definition) is 1. The molecule has 0 spiro atoms. The molecule has 0 radical (unpaired) electrons. The lowest BCUT2D eigenvalue weighted by Crippen LogP contribution is -2.44. The van der Waals surface area contributed by atoms with Gasteiger partial charge in [-0.1, -0.05) is 31.9 Å². The number of carboxylic acid groups (broad SMARTS) is 1. The van der Waals surface area contributed by atoms with Crippen LogP contribution in [0.25, 0.3) is 0 Å². The van der Waals surface area contributed by atoms with E-state index in [9.17, 15) is 9.90 Å². The fraction of sp³-hybridized carbons (Fsp3) is 0.593. The van der Waals surface area contributed by atoms with Crippen LogP contribution in [-0.4, -0.2) is 53.8 Å². The van der Waals surface area contributed by atoms with Gasteiger partial charge in [0.1, 0.15) is 5.84 Å². The largest absolute Gasteiger partial charge is 0.481 e. The van der Waals surface area contributed by atoms with Gasteiger partial charge in [0.05, 0.1) is 24.3 Å². The molecule has 176 valence electrons. The van der Waals surface area contributed by atoms with Crippen molar-refractivity contribution in [3.8, 4) is 0 Å². The van der Waals surface area contributed by atoms with Crippen LogP contribution in [0.1, 0.15) is 70.3 Å². The average molecular weight is 450 g/mol. The minimum Gasteiger partial charge on any atom is -0.481 e. The summed E-state index contributed by atoms with van der Waals surface area (Å²) >= 11 is 0. The van der Waals surface area contributed by atoms with Gasteiger partial charge >= 0.3 is 5.97 Å². The summed E-state index contributed by atoms with van der Waals surface area (Å²) in [4.78, 5) is 24.8. The number of allylic oxidation sites excluding steroid dienone is 2. The molecule has 1 N–H and O–H groups in total. The Morgan fingerprint density at radius 1 is 1.15 bits per heavy atom. The Kier molecular flexibility index (Phi) is 6.37. The van der Waals surface area contributed by atoms with Gasteiger partial charge in [-0.2, -0.15) is 0 Å². The molecule has 6 heteroatoms. The van der Waals surface area contributed by atoms with E-state index in [0.29, 0.717) is 5.92 Å². The zero-order valence-electron chi connectivity index (χ0n) is 19.7. The first kappa shape index (κ1) is 22.3. The van der Waals surface area contributed by atoms with Gasteiger partial charge in [-0.3, -0.25) is 9.79 Å². The Hall–Kier alpha value is -2.47. The molecule has 0 amide bonds. The van der Waals surface area contributed by atoms with E-state index in [1.165, 1.54) is 22.8 Å². The second-order valence-electron chi connectivity index (χ2n) is 9.86. The van der Waals surface area contributed by atoms with Crippen molar-refractivity contribution in [2.45, 2.75) is 70.1 Å². The molecule has 33 heavy (non-hydrogen) atoms. The Balaban J connectivity index is 1.44. The summed E-state index contributed by atoms with van der Waals surface area (Å²) in [6.07, 6.45) is 8.58. The van der Waals surface area contributed by atoms with Crippen molar-refractivity contribution in [1.82, 2.24) is 4.90 Å². The first-order chi connectivity index (χ1) is 16.1. The van der Waals surface area contributed by atoms with Gasteiger partial charge in [-0.05, 0) is 68.2 Å². The number of carboxylic acids is 1. The van der Waals surface area contributed by atoms with E-state index < -0.39 is 11.4 Å². The molecule has 1 atom stereocenters. The molecule has 1 aromatic carbocycles. The lowest BCUT2D eigenvalue weighted by atomic mass is 9.79. The average Bonchev–Trinajstić information content (AvgIpc) is 3.50. The van der Waals surface area contributed by atoms with Gasteiger partial charge in [-0.15, -0.1) is 0 Å². The normalized spacial score (nSPS) is 26.3. The number of carbonyl (C=O) groups is 1. The molecule has 0 aromatic heterocycles. The molecule has 2 aliphatic carbocycles. The molecule has 4 aliphatic rings. The van der Waals surface area contributed by atoms with Crippen LogP contribution in [0.5, 0.6) is 0 Å². The van der Waals surface area contributed by atoms with Crippen molar-refractivity contribution in [2.75, 3.05) is 26.3 Å². The van der Waals surface area contributed by atoms with Crippen LogP contribution >= 0.6 is 0 Å². The predicted molar refractivity (Wildman–Crippen MR) is 130 cm³/mol. The van der Waals surface area contributed by atoms with Crippen molar-refractivity contribution in [2.24, 2.45) is 15.9 Å². The number of amidine groups is 1. The fourth-order valence-corrected chi connectivity index (χ4v) is 6.02. The summed E-state index contributed by atoms with van der Waals surface area (Å²) in [5, 5.41) is 9.91. The SMILES string of the molecule is CCC1CC(=Nc2ccc(C3(C(=O)O)CCCC3)cc2)C2=C(CCC2)N=C1N1CCOCC1. The molecule has 6 nitrogen and oxygen atoms in total. The summed E-state index contributed by atoms with van der Waals surface area (Å²) in [6.45, 7) is 5.61. The van der Waals surface area contributed by atoms with E-state index in [1.807, 2.05) is 24.3 Å². The van der Waals surface area contributed by atoms with Crippen molar-refractivity contribution >= 4 is 23.2 Å². The highest BCUT2D eigenvalue weighted by molar-refractivity contribution is 6.06. The van der Waals surface area contributed by atoms with Crippen LogP contribution in [0.15, 0.2) is 45.5 Å². The summed E-state index contributed by atoms with van der Waals surface area (Å²) in [6, 6.07) is 8.01. The molecule has 2 heterocycles. The van der Waals surface area contributed by atoms with Gasteiger partial charge in [0.15, 0.2) is 0 Å². The van der Waals surface area contributed by atoms with E-state index in [-0.39, 0.29) is 0 Å². The third-order valence-corrected chi connectivity index (χ3v) is 7.97. The fourth-order valence-electron chi connectivity index (χ4n) is 6.02. The van der Waals surface area contributed by atoms with Crippen molar-refractivity contribution in [3.63, 3.8) is 0 Å². The lowest BCUT2D eigenvalue weighted by Gasteiger charge is -2.33. The van der Waals surface area contributed by atoms with Crippen molar-refractivity contribution < 1.29 is 14.6 Å². The number of hydrogen-bond acceptors (Lipinski definition) is 5. The van der Waals surface area contributed by atoms with Crippen LogP contribution in [0.4, 0.5) is 5.69 Å². The monoisotopic (exact) mass is 449 g/mol. The second kappa shape index (κ2) is 9.41. The lowest BCUT2D eigenvalue weighted by molar-refractivity contribution is -0.143. The van der Waals surface area contributed by atoms with E-state index in [0.717, 1.165) is 95.3 Å². The van der Waals surface area contributed by atoms with Gasteiger partial charge in [0.2, 0.25) is 0 Å². The molecule has 1 saturated heterocycles. The molecule has 1 unspecified atom stereocenters. The topological polar surface area (TPSA) is 74.5 Å². The molecule has 0 bridgehead atoms. The maximum atomic E-state index is 12.1. The molecular weight excluding hydrogens is 414 g/mol. The highest BCUT2D eigenvalue weighted by atomic mass is 16.5.